The molecule has 210 valence electrons. The topological polar surface area (TPSA) is 122 Å². The number of H-pyrrole nitrogens is 1. The van der Waals surface area contributed by atoms with Crippen LogP contribution in [-0.2, 0) is 6.42 Å². The van der Waals surface area contributed by atoms with E-state index in [0.29, 0.717) is 35.9 Å². The third kappa shape index (κ3) is 6.76. The summed E-state index contributed by atoms with van der Waals surface area (Å²) < 4.78 is 27.7. The number of ether oxygens (including phenoxy) is 2. The Bertz CT molecular complexity index is 1510. The van der Waals surface area contributed by atoms with Crippen LogP contribution in [0.25, 0.3) is 5.69 Å². The molecule has 9 nitrogen and oxygen atoms in total. The normalized spacial score (nSPS) is 12.8. The highest BCUT2D eigenvalue weighted by Crippen LogP contribution is 2.35. The van der Waals surface area contributed by atoms with E-state index in [-0.39, 0.29) is 17.6 Å². The summed E-state index contributed by atoms with van der Waals surface area (Å²) in [7, 11) is 3.97. The molecule has 0 bridgehead atoms. The van der Waals surface area contributed by atoms with Crippen LogP contribution < -0.4 is 20.9 Å². The summed E-state index contributed by atoms with van der Waals surface area (Å²) in [6.07, 6.45) is 0.397. The Hall–Kier alpha value is -4.44. The molecular weight excluding hydrogens is 511 g/mol. The molecule has 4 aromatic rings. The lowest BCUT2D eigenvalue weighted by Gasteiger charge is -2.22. The summed E-state index contributed by atoms with van der Waals surface area (Å²) in [5.74, 6) is 0.605. The molecule has 0 aliphatic carbocycles. The molecule has 3 aromatic carbocycles. The van der Waals surface area contributed by atoms with Crippen molar-refractivity contribution in [1.29, 1.82) is 5.41 Å². The van der Waals surface area contributed by atoms with Crippen LogP contribution in [0.3, 0.4) is 0 Å². The number of nitrogens with zero attached hydrogens (tertiary/aromatic N) is 3. The molecule has 1 aromatic heterocycles. The summed E-state index contributed by atoms with van der Waals surface area (Å²) in [4.78, 5) is 17.8. The average Bonchev–Trinajstić information content (AvgIpc) is 3.29. The van der Waals surface area contributed by atoms with Crippen molar-refractivity contribution in [2.45, 2.75) is 32.3 Å². The van der Waals surface area contributed by atoms with E-state index in [1.807, 2.05) is 58.3 Å². The molecule has 2 unspecified atom stereocenters. The van der Waals surface area contributed by atoms with Gasteiger partial charge in [0.25, 0.3) is 0 Å². The first-order chi connectivity index (χ1) is 19.2. The van der Waals surface area contributed by atoms with Gasteiger partial charge in [0.15, 0.2) is 11.5 Å². The number of nitrogens with one attached hydrogen (secondary N) is 2. The van der Waals surface area contributed by atoms with Crippen molar-refractivity contribution < 1.29 is 13.9 Å². The quantitative estimate of drug-likeness (QED) is 0.182. The number of likely N-dealkylation sites (N-methyl/N-ethyl adjacent to an activating group) is 1. The molecule has 0 amide bonds. The maximum absolute atomic E-state index is 14.5. The Morgan fingerprint density at radius 3 is 2.50 bits per heavy atom. The van der Waals surface area contributed by atoms with Gasteiger partial charge in [-0.2, -0.15) is 4.68 Å². The fraction of sp³-hybridized carbons (Fsp3) is 0.300. The largest absolute Gasteiger partial charge is 0.490 e. The number of halogens is 1. The summed E-state index contributed by atoms with van der Waals surface area (Å²) in [6, 6.07) is 19.0. The molecular formula is C30H35FN6O3. The molecule has 1 heterocycles. The Morgan fingerprint density at radius 1 is 1.12 bits per heavy atom. The SMILES string of the molecule is CCOc1cc(C(Cc2ccc(C(=N)N)cc2)c2nn(-c3ccccc3F)c(=O)[nH]2)ccc1OC(C)CN(C)C. The van der Waals surface area contributed by atoms with Crippen LogP contribution >= 0.6 is 0 Å². The average molecular weight is 547 g/mol. The molecule has 2 atom stereocenters. The monoisotopic (exact) mass is 546 g/mol. The third-order valence-corrected chi connectivity index (χ3v) is 6.37. The number of hydrogen-bond acceptors (Lipinski definition) is 6. The number of para-hydroxylation sites is 1. The van der Waals surface area contributed by atoms with Crippen molar-refractivity contribution in [2.24, 2.45) is 5.73 Å². The fourth-order valence-electron chi connectivity index (χ4n) is 4.59. The zero-order valence-corrected chi connectivity index (χ0v) is 23.1. The molecule has 0 saturated carbocycles. The number of aromatic amines is 1. The summed E-state index contributed by atoms with van der Waals surface area (Å²) in [5.41, 5.74) is 7.54. The van der Waals surface area contributed by atoms with Gasteiger partial charge >= 0.3 is 5.69 Å². The molecule has 4 N–H and O–H groups in total. The lowest BCUT2D eigenvalue weighted by molar-refractivity contribution is 0.168. The van der Waals surface area contributed by atoms with Crippen LogP contribution in [0.5, 0.6) is 11.5 Å². The van der Waals surface area contributed by atoms with E-state index in [2.05, 4.69) is 15.0 Å². The van der Waals surface area contributed by atoms with Gasteiger partial charge in [-0.15, -0.1) is 5.10 Å². The second kappa shape index (κ2) is 12.6. The summed E-state index contributed by atoms with van der Waals surface area (Å²) in [6.45, 7) is 5.08. The van der Waals surface area contributed by atoms with Crippen molar-refractivity contribution >= 4 is 5.84 Å². The van der Waals surface area contributed by atoms with Gasteiger partial charge in [-0.05, 0) is 69.8 Å². The number of nitrogen functional groups attached to an aromatic ring is 1. The number of nitrogens with two attached hydrogens (primary N) is 1. The van der Waals surface area contributed by atoms with E-state index in [4.69, 9.17) is 20.6 Å². The number of hydrogen-bond donors (Lipinski definition) is 3. The number of aromatic nitrogens is 3. The van der Waals surface area contributed by atoms with E-state index in [1.165, 1.54) is 12.1 Å². The fourth-order valence-corrected chi connectivity index (χ4v) is 4.59. The predicted octanol–water partition coefficient (Wildman–Crippen LogP) is 4.09. The van der Waals surface area contributed by atoms with Gasteiger partial charge < -0.3 is 20.1 Å². The van der Waals surface area contributed by atoms with Crippen LogP contribution in [-0.4, -0.2) is 58.9 Å². The van der Waals surface area contributed by atoms with Crippen molar-refractivity contribution in [3.63, 3.8) is 0 Å². The number of amidine groups is 1. The molecule has 0 fully saturated rings. The van der Waals surface area contributed by atoms with E-state index in [1.54, 1.807) is 24.3 Å². The Balaban J connectivity index is 1.77. The highest BCUT2D eigenvalue weighted by Gasteiger charge is 2.24. The van der Waals surface area contributed by atoms with Crippen molar-refractivity contribution in [1.82, 2.24) is 19.7 Å². The highest BCUT2D eigenvalue weighted by molar-refractivity contribution is 5.94. The van der Waals surface area contributed by atoms with Crippen LogP contribution in [0.1, 0.15) is 42.3 Å². The van der Waals surface area contributed by atoms with Crippen molar-refractivity contribution in [3.8, 4) is 17.2 Å². The van der Waals surface area contributed by atoms with Gasteiger partial charge in [0, 0.05) is 18.0 Å². The van der Waals surface area contributed by atoms with Crippen molar-refractivity contribution in [2.75, 3.05) is 27.2 Å². The van der Waals surface area contributed by atoms with Crippen LogP contribution in [0.2, 0.25) is 0 Å². The molecule has 0 aliphatic heterocycles. The first kappa shape index (κ1) is 28.6. The first-order valence-corrected chi connectivity index (χ1v) is 13.1. The molecule has 4 rings (SSSR count). The zero-order valence-electron chi connectivity index (χ0n) is 23.1. The van der Waals surface area contributed by atoms with E-state index in [9.17, 15) is 9.18 Å². The molecule has 0 saturated heterocycles. The zero-order chi connectivity index (χ0) is 28.8. The van der Waals surface area contributed by atoms with Gasteiger partial charge in [-0.1, -0.05) is 42.5 Å². The molecule has 0 radical (unpaired) electrons. The van der Waals surface area contributed by atoms with Gasteiger partial charge in [-0.25, -0.2) is 9.18 Å². The standard InChI is InChI=1S/C30H35FN6O3/c1-5-39-27-17-22(14-15-26(27)40-19(2)18-36(3)4)23(16-20-10-12-21(13-11-20)28(32)33)29-34-30(38)37(35-29)25-9-7-6-8-24(25)31/h6-15,17,19,23H,5,16,18H2,1-4H3,(H3,32,33)(H,34,35,38). The Labute approximate surface area is 232 Å². The predicted molar refractivity (Wildman–Crippen MR) is 153 cm³/mol. The lowest BCUT2D eigenvalue weighted by atomic mass is 9.90. The number of benzene rings is 3. The smallest absolute Gasteiger partial charge is 0.348 e. The highest BCUT2D eigenvalue weighted by atomic mass is 19.1. The van der Waals surface area contributed by atoms with Crippen LogP contribution in [0.15, 0.2) is 71.5 Å². The van der Waals surface area contributed by atoms with E-state index < -0.39 is 17.4 Å². The molecule has 10 heteroatoms. The van der Waals surface area contributed by atoms with Crippen molar-refractivity contribution in [3.05, 3.63) is 106 Å². The first-order valence-electron chi connectivity index (χ1n) is 13.1. The lowest BCUT2D eigenvalue weighted by Crippen LogP contribution is -2.28. The van der Waals surface area contributed by atoms with Gasteiger partial charge in [0.05, 0.1) is 6.61 Å². The van der Waals surface area contributed by atoms with Gasteiger partial charge in [0.2, 0.25) is 0 Å². The Morgan fingerprint density at radius 2 is 1.85 bits per heavy atom. The second-order valence-corrected chi connectivity index (χ2v) is 9.88. The summed E-state index contributed by atoms with van der Waals surface area (Å²) in [5, 5.41) is 12.2. The van der Waals surface area contributed by atoms with Gasteiger partial charge in [-0.3, -0.25) is 10.4 Å². The number of rotatable bonds is 12. The van der Waals surface area contributed by atoms with E-state index in [0.717, 1.165) is 22.4 Å². The minimum absolute atomic E-state index is 0.0171. The maximum atomic E-state index is 14.5. The van der Waals surface area contributed by atoms with Crippen LogP contribution in [0, 0.1) is 11.2 Å². The maximum Gasteiger partial charge on any atom is 0.348 e. The summed E-state index contributed by atoms with van der Waals surface area (Å²) >= 11 is 0. The molecule has 0 spiro atoms. The van der Waals surface area contributed by atoms with E-state index >= 15 is 0 Å². The van der Waals surface area contributed by atoms with Crippen LogP contribution in [0.4, 0.5) is 4.39 Å². The van der Waals surface area contributed by atoms with Gasteiger partial charge in [0.1, 0.15) is 29.3 Å². The second-order valence-electron chi connectivity index (χ2n) is 9.88. The minimum atomic E-state index is -0.550. The minimum Gasteiger partial charge on any atom is -0.490 e. The third-order valence-electron chi connectivity index (χ3n) is 6.37. The Kier molecular flexibility index (Phi) is 9.00. The molecule has 40 heavy (non-hydrogen) atoms. The molecule has 0 aliphatic rings.